The molecule has 23 heavy (non-hydrogen) atoms. The third-order valence-electron chi connectivity index (χ3n) is 3.53. The van der Waals surface area contributed by atoms with Crippen molar-refractivity contribution in [3.8, 4) is 6.07 Å². The molecule has 0 bridgehead atoms. The average Bonchev–Trinajstić information content (AvgIpc) is 2.56. The lowest BCUT2D eigenvalue weighted by atomic mass is 10.1. The number of thioether (sulfide) groups is 1. The number of hydrogen-bond acceptors (Lipinski definition) is 4. The number of hydrogen-bond donors (Lipinski definition) is 2. The van der Waals surface area contributed by atoms with Crippen LogP contribution in [-0.4, -0.2) is 13.1 Å². The highest BCUT2D eigenvalue weighted by molar-refractivity contribution is 9.10. The van der Waals surface area contributed by atoms with Crippen molar-refractivity contribution >= 4 is 33.4 Å². The van der Waals surface area contributed by atoms with E-state index in [9.17, 15) is 5.26 Å². The Labute approximate surface area is 150 Å². The molecular formula is C18H20BrN3S. The topological polar surface area (TPSA) is 61.8 Å². The van der Waals surface area contributed by atoms with Gasteiger partial charge < -0.3 is 11.1 Å². The first-order valence-corrected chi connectivity index (χ1v) is 9.28. The number of aryl methyl sites for hydroxylation is 1. The van der Waals surface area contributed by atoms with Gasteiger partial charge in [-0.25, -0.2) is 0 Å². The molecule has 0 aliphatic heterocycles. The van der Waals surface area contributed by atoms with Gasteiger partial charge in [0.2, 0.25) is 0 Å². The lowest BCUT2D eigenvalue weighted by Crippen LogP contribution is -2.09. The molecule has 0 aliphatic carbocycles. The van der Waals surface area contributed by atoms with Crippen LogP contribution < -0.4 is 11.1 Å². The maximum atomic E-state index is 9.52. The van der Waals surface area contributed by atoms with Crippen molar-refractivity contribution in [2.24, 2.45) is 5.73 Å². The molecular weight excluding hydrogens is 370 g/mol. The van der Waals surface area contributed by atoms with Crippen molar-refractivity contribution in [3.63, 3.8) is 0 Å². The van der Waals surface area contributed by atoms with E-state index in [2.05, 4.69) is 46.4 Å². The molecule has 2 rings (SSSR count). The zero-order valence-electron chi connectivity index (χ0n) is 13.1. The van der Waals surface area contributed by atoms with E-state index in [1.807, 2.05) is 24.3 Å². The largest absolute Gasteiger partial charge is 0.384 e. The van der Waals surface area contributed by atoms with E-state index in [0.717, 1.165) is 33.8 Å². The average molecular weight is 390 g/mol. The highest BCUT2D eigenvalue weighted by Crippen LogP contribution is 2.31. The zero-order chi connectivity index (χ0) is 16.7. The fraction of sp³-hybridized carbons (Fsp3) is 0.278. The smallest absolute Gasteiger partial charge is 0.102 e. The number of nitrogens with two attached hydrogens (primary N) is 1. The van der Waals surface area contributed by atoms with Crippen LogP contribution in [0.25, 0.3) is 0 Å². The molecule has 5 heteroatoms. The van der Waals surface area contributed by atoms with Crippen LogP contribution in [-0.2, 0) is 5.75 Å². The van der Waals surface area contributed by atoms with E-state index in [-0.39, 0.29) is 0 Å². The first-order valence-electron chi connectivity index (χ1n) is 7.50. The van der Waals surface area contributed by atoms with Crippen LogP contribution in [0.15, 0.2) is 45.8 Å². The van der Waals surface area contributed by atoms with Crippen molar-refractivity contribution in [2.45, 2.75) is 24.0 Å². The lowest BCUT2D eigenvalue weighted by molar-refractivity contribution is 0.873. The van der Waals surface area contributed by atoms with Gasteiger partial charge in [-0.2, -0.15) is 5.26 Å². The monoisotopic (exact) mass is 389 g/mol. The number of nitrogens with one attached hydrogen (secondary N) is 1. The van der Waals surface area contributed by atoms with Crippen LogP contribution in [0.5, 0.6) is 0 Å². The summed E-state index contributed by atoms with van der Waals surface area (Å²) in [4.78, 5) is 1.00. The van der Waals surface area contributed by atoms with Crippen LogP contribution >= 0.6 is 27.7 Å². The zero-order valence-corrected chi connectivity index (χ0v) is 15.5. The molecule has 0 aliphatic rings. The highest BCUT2D eigenvalue weighted by atomic mass is 79.9. The standard InChI is InChI=1S/C18H20BrN3S/c1-13-6-7-15(19)10-14(13)12-23-18-5-2-4-17(16(18)11-21)22-9-3-8-20/h2,4-7,10,22H,3,8-9,12,20H2,1H3. The Morgan fingerprint density at radius 1 is 1.30 bits per heavy atom. The molecule has 3 nitrogen and oxygen atoms in total. The SMILES string of the molecule is Cc1ccc(Br)cc1CSc1cccc(NCCCN)c1C#N. The summed E-state index contributed by atoms with van der Waals surface area (Å²) in [5.41, 5.74) is 9.65. The molecule has 0 atom stereocenters. The summed E-state index contributed by atoms with van der Waals surface area (Å²) in [6.45, 7) is 3.54. The van der Waals surface area contributed by atoms with Gasteiger partial charge in [-0.3, -0.25) is 0 Å². The molecule has 3 N–H and O–H groups in total. The minimum absolute atomic E-state index is 0.644. The summed E-state index contributed by atoms with van der Waals surface area (Å²) in [6, 6.07) is 14.6. The number of anilines is 1. The van der Waals surface area contributed by atoms with E-state index >= 15 is 0 Å². The molecule has 0 spiro atoms. The lowest BCUT2D eigenvalue weighted by Gasteiger charge is -2.12. The number of halogens is 1. The van der Waals surface area contributed by atoms with Crippen molar-refractivity contribution in [1.82, 2.24) is 0 Å². The van der Waals surface area contributed by atoms with E-state index in [1.54, 1.807) is 11.8 Å². The molecule has 0 fully saturated rings. The summed E-state index contributed by atoms with van der Waals surface area (Å²) in [7, 11) is 0. The molecule has 0 amide bonds. The minimum Gasteiger partial charge on any atom is -0.384 e. The summed E-state index contributed by atoms with van der Waals surface area (Å²) in [5.74, 6) is 0.839. The molecule has 0 radical (unpaired) electrons. The molecule has 2 aromatic rings. The van der Waals surface area contributed by atoms with Gasteiger partial charge in [-0.05, 0) is 55.3 Å². The maximum Gasteiger partial charge on any atom is 0.102 e. The minimum atomic E-state index is 0.644. The fourth-order valence-electron chi connectivity index (χ4n) is 2.19. The Balaban J connectivity index is 2.15. The van der Waals surface area contributed by atoms with Crippen LogP contribution in [0, 0.1) is 18.3 Å². The summed E-state index contributed by atoms with van der Waals surface area (Å²) in [6.07, 6.45) is 0.888. The van der Waals surface area contributed by atoms with Gasteiger partial charge in [0.05, 0.1) is 11.3 Å². The molecule has 0 saturated heterocycles. The van der Waals surface area contributed by atoms with Gasteiger partial charge in [0.15, 0.2) is 0 Å². The van der Waals surface area contributed by atoms with Crippen molar-refractivity contribution in [1.29, 1.82) is 5.26 Å². The Morgan fingerprint density at radius 3 is 2.87 bits per heavy atom. The Morgan fingerprint density at radius 2 is 2.13 bits per heavy atom. The summed E-state index contributed by atoms with van der Waals surface area (Å²) >= 11 is 5.21. The molecule has 0 saturated carbocycles. The van der Waals surface area contributed by atoms with Gasteiger partial charge in [-0.1, -0.05) is 28.1 Å². The fourth-order valence-corrected chi connectivity index (χ4v) is 3.70. The van der Waals surface area contributed by atoms with Gasteiger partial charge in [0.1, 0.15) is 6.07 Å². The van der Waals surface area contributed by atoms with Crippen molar-refractivity contribution < 1.29 is 0 Å². The van der Waals surface area contributed by atoms with Gasteiger partial charge in [-0.15, -0.1) is 11.8 Å². The Bertz CT molecular complexity index is 710. The predicted octanol–water partition coefficient (Wildman–Crippen LogP) is 4.68. The Kier molecular flexibility index (Phi) is 6.97. The number of rotatable bonds is 7. The second-order valence-corrected chi connectivity index (χ2v) is 7.15. The van der Waals surface area contributed by atoms with Crippen LogP contribution in [0.2, 0.25) is 0 Å². The molecule has 0 unspecified atom stereocenters. The molecule has 0 heterocycles. The predicted molar refractivity (Wildman–Crippen MR) is 102 cm³/mol. The second kappa shape index (κ2) is 8.97. The van der Waals surface area contributed by atoms with Crippen LogP contribution in [0.4, 0.5) is 5.69 Å². The van der Waals surface area contributed by atoms with E-state index in [4.69, 9.17) is 5.73 Å². The van der Waals surface area contributed by atoms with Gasteiger partial charge >= 0.3 is 0 Å². The summed E-state index contributed by atoms with van der Waals surface area (Å²) in [5, 5.41) is 12.8. The van der Waals surface area contributed by atoms with E-state index < -0.39 is 0 Å². The number of nitriles is 1. The van der Waals surface area contributed by atoms with Crippen LogP contribution in [0.3, 0.4) is 0 Å². The van der Waals surface area contributed by atoms with E-state index in [0.29, 0.717) is 12.1 Å². The normalized spacial score (nSPS) is 10.3. The molecule has 120 valence electrons. The van der Waals surface area contributed by atoms with E-state index in [1.165, 1.54) is 11.1 Å². The third kappa shape index (κ3) is 5.00. The second-order valence-electron chi connectivity index (χ2n) is 5.22. The first-order chi connectivity index (χ1) is 11.2. The summed E-state index contributed by atoms with van der Waals surface area (Å²) < 4.78 is 1.08. The van der Waals surface area contributed by atoms with Gasteiger partial charge in [0.25, 0.3) is 0 Å². The quantitative estimate of drug-likeness (QED) is 0.532. The van der Waals surface area contributed by atoms with Crippen molar-refractivity contribution in [2.75, 3.05) is 18.4 Å². The molecule has 0 aromatic heterocycles. The third-order valence-corrected chi connectivity index (χ3v) is 5.13. The Hall–Kier alpha value is -1.48. The number of benzene rings is 2. The van der Waals surface area contributed by atoms with Crippen molar-refractivity contribution in [3.05, 3.63) is 57.6 Å². The van der Waals surface area contributed by atoms with Crippen LogP contribution in [0.1, 0.15) is 23.1 Å². The van der Waals surface area contributed by atoms with Gasteiger partial charge in [0, 0.05) is 21.7 Å². The first kappa shape index (κ1) is 17.9. The highest BCUT2D eigenvalue weighted by Gasteiger charge is 2.09. The molecule has 2 aromatic carbocycles. The number of nitrogens with zero attached hydrogens (tertiary/aromatic N) is 1. The maximum absolute atomic E-state index is 9.52.